The van der Waals surface area contributed by atoms with E-state index < -0.39 is 68.2 Å². The fourth-order valence-corrected chi connectivity index (χ4v) is 7.90. The monoisotopic (exact) mass is 666 g/mol. The molecule has 8 nitrogen and oxygen atoms in total. The molecule has 2 aromatic rings. The number of anilines is 1. The summed E-state index contributed by atoms with van der Waals surface area (Å²) in [6.45, 7) is 1.86. The van der Waals surface area contributed by atoms with E-state index >= 15 is 0 Å². The molecule has 248 valence electrons. The summed E-state index contributed by atoms with van der Waals surface area (Å²) in [7, 11) is -1.47. The molecule has 2 heterocycles. The first-order valence-electron chi connectivity index (χ1n) is 14.1. The van der Waals surface area contributed by atoms with E-state index in [1.54, 1.807) is 4.90 Å². The van der Waals surface area contributed by atoms with Crippen molar-refractivity contribution in [2.45, 2.75) is 55.7 Å². The lowest BCUT2D eigenvalue weighted by molar-refractivity contribution is -0.143. The number of carbonyl (C=O) groups is 2. The smallest absolute Gasteiger partial charge is 0.343 e. The molecule has 2 aliphatic rings. The highest BCUT2D eigenvalue weighted by atomic mass is 32.2. The van der Waals surface area contributed by atoms with Gasteiger partial charge in [-0.05, 0) is 55.2 Å². The van der Waals surface area contributed by atoms with Crippen molar-refractivity contribution in [3.05, 3.63) is 65.0 Å². The summed E-state index contributed by atoms with van der Waals surface area (Å²) in [5.41, 5.74) is -3.30. The third-order valence-corrected chi connectivity index (χ3v) is 10.9. The Hall–Kier alpha value is -3.40. The Labute approximate surface area is 256 Å². The van der Waals surface area contributed by atoms with Crippen molar-refractivity contribution < 1.29 is 48.7 Å². The molecule has 2 fully saturated rings. The maximum absolute atomic E-state index is 13.8. The van der Waals surface area contributed by atoms with Crippen LogP contribution in [-0.4, -0.2) is 86.0 Å². The van der Waals surface area contributed by atoms with Crippen LogP contribution in [0.3, 0.4) is 0 Å². The zero-order valence-electron chi connectivity index (χ0n) is 24.7. The van der Waals surface area contributed by atoms with Gasteiger partial charge < -0.3 is 9.80 Å². The standard InChI is InChI=1S/C29H33F7N4O4S/c1-18(41)39-11-8-24(9-12-39)45(43,44)40-13-10-26(25(17-40)19-4-6-22(30)7-5-19)38(3)27(42)37(2)23-15-20(28(31,32)33)14-21(16-23)29(34,35)36/h4-7,14-16,24-26H,8-13,17H2,1-3H3. The number of amides is 3. The minimum atomic E-state index is -5.11. The van der Waals surface area contributed by atoms with Crippen LogP contribution in [0, 0.1) is 5.82 Å². The topological polar surface area (TPSA) is 81.2 Å². The third-order valence-electron chi connectivity index (χ3n) is 8.55. The second-order valence-electron chi connectivity index (χ2n) is 11.3. The maximum atomic E-state index is 13.8. The first-order valence-corrected chi connectivity index (χ1v) is 15.6. The average Bonchev–Trinajstić information content (AvgIpc) is 2.99. The van der Waals surface area contributed by atoms with E-state index in [0.29, 0.717) is 22.6 Å². The summed E-state index contributed by atoms with van der Waals surface area (Å²) >= 11 is 0. The van der Waals surface area contributed by atoms with E-state index in [4.69, 9.17) is 0 Å². The first-order chi connectivity index (χ1) is 20.8. The Morgan fingerprint density at radius 1 is 0.844 bits per heavy atom. The van der Waals surface area contributed by atoms with Crippen LogP contribution < -0.4 is 4.90 Å². The largest absolute Gasteiger partial charge is 0.416 e. The van der Waals surface area contributed by atoms with Gasteiger partial charge in [-0.15, -0.1) is 0 Å². The van der Waals surface area contributed by atoms with E-state index in [1.165, 1.54) is 42.5 Å². The SMILES string of the molecule is CC(=O)N1CCC(S(=O)(=O)N2CCC(N(C)C(=O)N(C)c3cc(C(F)(F)F)cc(C(F)(F)F)c3)C(c3ccc(F)cc3)C2)CC1. The van der Waals surface area contributed by atoms with E-state index in [9.17, 15) is 48.7 Å². The van der Waals surface area contributed by atoms with Crippen LogP contribution in [0.2, 0.25) is 0 Å². The van der Waals surface area contributed by atoms with Gasteiger partial charge in [0.2, 0.25) is 15.9 Å². The van der Waals surface area contributed by atoms with E-state index in [2.05, 4.69) is 0 Å². The molecule has 3 amide bonds. The molecule has 2 aliphatic heterocycles. The van der Waals surface area contributed by atoms with Gasteiger partial charge in [0.05, 0.1) is 16.4 Å². The van der Waals surface area contributed by atoms with Crippen molar-refractivity contribution in [3.63, 3.8) is 0 Å². The van der Waals surface area contributed by atoms with E-state index in [0.717, 1.165) is 11.9 Å². The van der Waals surface area contributed by atoms with Crippen molar-refractivity contribution >= 4 is 27.6 Å². The summed E-state index contributed by atoms with van der Waals surface area (Å²) in [4.78, 5) is 28.7. The predicted octanol–water partition coefficient (Wildman–Crippen LogP) is 5.55. The van der Waals surface area contributed by atoms with Gasteiger partial charge in [0, 0.05) is 64.8 Å². The number of piperidine rings is 2. The number of sulfonamides is 1. The highest BCUT2D eigenvalue weighted by Crippen LogP contribution is 2.39. The van der Waals surface area contributed by atoms with Gasteiger partial charge in [0.25, 0.3) is 0 Å². The van der Waals surface area contributed by atoms with Gasteiger partial charge in [0.1, 0.15) is 5.82 Å². The summed E-state index contributed by atoms with van der Waals surface area (Å²) in [6, 6.07) is 4.43. The molecule has 2 aromatic carbocycles. The molecule has 0 spiro atoms. The molecule has 0 N–H and O–H groups in total. The highest BCUT2D eigenvalue weighted by Gasteiger charge is 2.43. The Bertz CT molecular complexity index is 1480. The van der Waals surface area contributed by atoms with Crippen LogP contribution in [0.25, 0.3) is 0 Å². The molecule has 45 heavy (non-hydrogen) atoms. The fourth-order valence-electron chi connectivity index (χ4n) is 5.94. The minimum absolute atomic E-state index is 0.0132. The van der Waals surface area contributed by atoms with Crippen LogP contribution in [0.5, 0.6) is 0 Å². The lowest BCUT2D eigenvalue weighted by atomic mass is 9.86. The van der Waals surface area contributed by atoms with Gasteiger partial charge in [-0.3, -0.25) is 9.69 Å². The molecule has 2 atom stereocenters. The molecule has 2 unspecified atom stereocenters. The average molecular weight is 667 g/mol. The number of carbonyl (C=O) groups excluding carboxylic acids is 2. The van der Waals surface area contributed by atoms with Gasteiger partial charge in [-0.1, -0.05) is 12.1 Å². The van der Waals surface area contributed by atoms with Crippen molar-refractivity contribution in [3.8, 4) is 0 Å². The number of likely N-dealkylation sites (tertiary alicyclic amines) is 1. The normalized spacial score (nSPS) is 20.6. The minimum Gasteiger partial charge on any atom is -0.343 e. The van der Waals surface area contributed by atoms with Gasteiger partial charge in [-0.25, -0.2) is 21.9 Å². The van der Waals surface area contributed by atoms with Gasteiger partial charge >= 0.3 is 18.4 Å². The molecule has 0 radical (unpaired) electrons. The molecule has 0 aromatic heterocycles. The van der Waals surface area contributed by atoms with E-state index in [-0.39, 0.29) is 57.4 Å². The Morgan fingerprint density at radius 3 is 1.87 bits per heavy atom. The maximum Gasteiger partial charge on any atom is 0.416 e. The second-order valence-corrected chi connectivity index (χ2v) is 13.6. The van der Waals surface area contributed by atoms with Crippen LogP contribution in [-0.2, 0) is 27.2 Å². The zero-order valence-corrected chi connectivity index (χ0v) is 25.5. The Morgan fingerprint density at radius 2 is 1.38 bits per heavy atom. The van der Waals surface area contributed by atoms with E-state index in [1.807, 2.05) is 0 Å². The highest BCUT2D eigenvalue weighted by molar-refractivity contribution is 7.89. The van der Waals surface area contributed by atoms with Crippen LogP contribution in [0.15, 0.2) is 42.5 Å². The Balaban J connectivity index is 1.62. The van der Waals surface area contributed by atoms with Crippen LogP contribution in [0.4, 0.5) is 41.2 Å². The van der Waals surface area contributed by atoms with Crippen LogP contribution in [0.1, 0.15) is 48.8 Å². The van der Waals surface area contributed by atoms with Crippen molar-refractivity contribution in [1.29, 1.82) is 0 Å². The number of nitrogens with zero attached hydrogens (tertiary/aromatic N) is 4. The van der Waals surface area contributed by atoms with Crippen molar-refractivity contribution in [2.24, 2.45) is 0 Å². The number of urea groups is 1. The molecule has 16 heteroatoms. The number of alkyl halides is 6. The van der Waals surface area contributed by atoms with Crippen molar-refractivity contribution in [1.82, 2.24) is 14.1 Å². The summed E-state index contributed by atoms with van der Waals surface area (Å²) in [6.07, 6.45) is -9.66. The first kappa shape index (κ1) is 34.5. The van der Waals surface area contributed by atoms with Gasteiger partial charge in [0.15, 0.2) is 0 Å². The van der Waals surface area contributed by atoms with Gasteiger partial charge in [-0.2, -0.15) is 26.3 Å². The number of hydrogen-bond donors (Lipinski definition) is 0. The number of hydrogen-bond acceptors (Lipinski definition) is 4. The lowest BCUT2D eigenvalue weighted by Crippen LogP contribution is -2.56. The zero-order chi connectivity index (χ0) is 33.5. The molecule has 0 saturated carbocycles. The Kier molecular flexibility index (Phi) is 9.79. The predicted molar refractivity (Wildman–Crippen MR) is 151 cm³/mol. The van der Waals surface area contributed by atoms with Crippen molar-refractivity contribution in [2.75, 3.05) is 45.2 Å². The summed E-state index contributed by atoms with van der Waals surface area (Å²) in [5.74, 6) is -1.41. The summed E-state index contributed by atoms with van der Waals surface area (Å²) in [5, 5.41) is -0.743. The quantitative estimate of drug-likeness (QED) is 0.392. The molecular formula is C29H33F7N4O4S. The second kappa shape index (κ2) is 12.8. The molecule has 4 rings (SSSR count). The van der Waals surface area contributed by atoms with Crippen LogP contribution >= 0.6 is 0 Å². The number of rotatable bonds is 5. The molecule has 0 bridgehead atoms. The number of benzene rings is 2. The number of likely N-dealkylation sites (N-methyl/N-ethyl adjacent to an activating group) is 1. The molecule has 2 saturated heterocycles. The third kappa shape index (κ3) is 7.54. The molecular weight excluding hydrogens is 633 g/mol. The summed E-state index contributed by atoms with van der Waals surface area (Å²) < 4.78 is 123. The lowest BCUT2D eigenvalue weighted by Gasteiger charge is -2.44. The number of halogens is 7. The molecule has 0 aliphatic carbocycles. The fraction of sp³-hybridized carbons (Fsp3) is 0.517.